The van der Waals surface area contributed by atoms with Crippen molar-refractivity contribution >= 4 is 46.6 Å². The van der Waals surface area contributed by atoms with E-state index >= 15 is 0 Å². The van der Waals surface area contributed by atoms with Crippen molar-refractivity contribution in [2.45, 2.75) is 32.4 Å². The summed E-state index contributed by atoms with van der Waals surface area (Å²) in [5.41, 5.74) is 1.24. The number of guanidine groups is 1. The van der Waals surface area contributed by atoms with Gasteiger partial charge in [-0.15, -0.1) is 24.0 Å². The third kappa shape index (κ3) is 6.07. The van der Waals surface area contributed by atoms with Crippen molar-refractivity contribution < 1.29 is 4.79 Å². The second-order valence-corrected chi connectivity index (χ2v) is 7.91. The molecule has 0 bridgehead atoms. The molecule has 0 radical (unpaired) electrons. The normalized spacial score (nSPS) is 17.5. The largest absolute Gasteiger partial charge is 0.357 e. The molecule has 2 aliphatic rings. The van der Waals surface area contributed by atoms with Crippen LogP contribution in [0, 0.1) is 0 Å². The summed E-state index contributed by atoms with van der Waals surface area (Å²) < 4.78 is 0. The maximum absolute atomic E-state index is 12.0. The molecule has 7 heteroatoms. The van der Waals surface area contributed by atoms with E-state index in [1.807, 2.05) is 0 Å². The molecule has 0 unspecified atom stereocenters. The lowest BCUT2D eigenvalue weighted by molar-refractivity contribution is -0.122. The van der Waals surface area contributed by atoms with Crippen molar-refractivity contribution in [1.29, 1.82) is 0 Å². The summed E-state index contributed by atoms with van der Waals surface area (Å²) in [6.07, 6.45) is 2.28. The molecule has 1 aliphatic heterocycles. The molecular formula is C23H32IN5O. The molecule has 1 aliphatic carbocycles. The molecule has 1 amide bonds. The number of benzene rings is 2. The Morgan fingerprint density at radius 3 is 2.53 bits per heavy atom. The highest BCUT2D eigenvalue weighted by atomic mass is 127. The fourth-order valence-electron chi connectivity index (χ4n) is 3.84. The number of carbonyl (C=O) groups is 1. The number of nitrogens with zero attached hydrogens (tertiary/aromatic N) is 3. The smallest absolute Gasteiger partial charge is 0.234 e. The third-order valence-corrected chi connectivity index (χ3v) is 5.60. The Balaban J connectivity index is 0.00000256. The average Bonchev–Trinajstić information content (AvgIpc) is 3.55. The number of aliphatic imine (C=N–C) groups is 1. The molecule has 1 saturated heterocycles. The van der Waals surface area contributed by atoms with Gasteiger partial charge in [0.25, 0.3) is 0 Å². The quantitative estimate of drug-likeness (QED) is 0.349. The number of fused-ring (bicyclic) bond motifs is 1. The summed E-state index contributed by atoms with van der Waals surface area (Å²) in [6, 6.07) is 15.3. The molecule has 2 aromatic carbocycles. The van der Waals surface area contributed by atoms with Crippen LogP contribution < -0.4 is 10.6 Å². The van der Waals surface area contributed by atoms with E-state index in [1.165, 1.54) is 16.3 Å². The third-order valence-electron chi connectivity index (χ3n) is 5.60. The highest BCUT2D eigenvalue weighted by Gasteiger charge is 2.25. The number of hydrogen-bond acceptors (Lipinski definition) is 3. The Kier molecular flexibility index (Phi) is 8.32. The highest BCUT2D eigenvalue weighted by molar-refractivity contribution is 14.0. The van der Waals surface area contributed by atoms with Crippen LogP contribution in [0.1, 0.15) is 25.3 Å². The van der Waals surface area contributed by atoms with Gasteiger partial charge in [0.2, 0.25) is 5.91 Å². The number of amides is 1. The zero-order valence-corrected chi connectivity index (χ0v) is 20.0. The second kappa shape index (κ2) is 10.9. The Morgan fingerprint density at radius 2 is 1.80 bits per heavy atom. The first kappa shape index (κ1) is 22.8. The minimum Gasteiger partial charge on any atom is -0.357 e. The van der Waals surface area contributed by atoms with Crippen LogP contribution in [0.5, 0.6) is 0 Å². The molecule has 4 rings (SSSR count). The maximum Gasteiger partial charge on any atom is 0.234 e. The van der Waals surface area contributed by atoms with E-state index < -0.39 is 0 Å². The van der Waals surface area contributed by atoms with Gasteiger partial charge in [-0.1, -0.05) is 42.5 Å². The van der Waals surface area contributed by atoms with Crippen LogP contribution in [0.15, 0.2) is 47.5 Å². The zero-order chi connectivity index (χ0) is 20.1. The SMILES string of the molecule is CCNC(=NCc1cccc2ccccc12)N1CCN(CC(=O)NC2CC2)CC1.I. The predicted octanol–water partition coefficient (Wildman–Crippen LogP) is 2.82. The lowest BCUT2D eigenvalue weighted by Crippen LogP contribution is -2.54. The molecule has 1 heterocycles. The summed E-state index contributed by atoms with van der Waals surface area (Å²) in [5.74, 6) is 1.12. The van der Waals surface area contributed by atoms with E-state index in [1.54, 1.807) is 0 Å². The molecular weight excluding hydrogens is 489 g/mol. The molecule has 2 N–H and O–H groups in total. The van der Waals surface area contributed by atoms with Crippen LogP contribution in [0.2, 0.25) is 0 Å². The van der Waals surface area contributed by atoms with E-state index in [2.05, 4.69) is 69.8 Å². The fourth-order valence-corrected chi connectivity index (χ4v) is 3.84. The van der Waals surface area contributed by atoms with Crippen molar-refractivity contribution in [2.24, 2.45) is 4.99 Å². The van der Waals surface area contributed by atoms with Gasteiger partial charge in [0.15, 0.2) is 5.96 Å². The predicted molar refractivity (Wildman–Crippen MR) is 133 cm³/mol. The van der Waals surface area contributed by atoms with Gasteiger partial charge in [0.1, 0.15) is 0 Å². The Morgan fingerprint density at radius 1 is 1.07 bits per heavy atom. The van der Waals surface area contributed by atoms with Crippen LogP contribution in [0.3, 0.4) is 0 Å². The van der Waals surface area contributed by atoms with Crippen LogP contribution in [-0.4, -0.2) is 67.0 Å². The molecule has 0 aromatic heterocycles. The van der Waals surface area contributed by atoms with Gasteiger partial charge in [-0.2, -0.15) is 0 Å². The number of piperazine rings is 1. The number of carbonyl (C=O) groups excluding carboxylic acids is 1. The standard InChI is InChI=1S/C23H31N5O.HI/c1-2-24-23(25-16-19-8-5-7-18-6-3-4-9-21(18)19)28-14-12-27(13-15-28)17-22(29)26-20-10-11-20;/h3-9,20H,2,10-17H2,1H3,(H,24,25)(H,26,29);1H. The Bertz CT molecular complexity index is 870. The van der Waals surface area contributed by atoms with E-state index in [-0.39, 0.29) is 29.9 Å². The second-order valence-electron chi connectivity index (χ2n) is 7.91. The number of halogens is 1. The summed E-state index contributed by atoms with van der Waals surface area (Å²) in [7, 11) is 0. The number of rotatable bonds is 6. The van der Waals surface area contributed by atoms with Crippen molar-refractivity contribution in [1.82, 2.24) is 20.4 Å². The van der Waals surface area contributed by atoms with Crippen LogP contribution in [0.25, 0.3) is 10.8 Å². The van der Waals surface area contributed by atoms with Gasteiger partial charge in [-0.3, -0.25) is 9.69 Å². The average molecular weight is 521 g/mol. The topological polar surface area (TPSA) is 60.0 Å². The Hall–Kier alpha value is -1.87. The highest BCUT2D eigenvalue weighted by Crippen LogP contribution is 2.20. The Labute approximate surface area is 196 Å². The lowest BCUT2D eigenvalue weighted by Gasteiger charge is -2.36. The van der Waals surface area contributed by atoms with Gasteiger partial charge in [-0.25, -0.2) is 4.99 Å². The van der Waals surface area contributed by atoms with E-state index in [9.17, 15) is 4.79 Å². The molecule has 30 heavy (non-hydrogen) atoms. The van der Waals surface area contributed by atoms with E-state index in [4.69, 9.17) is 4.99 Å². The van der Waals surface area contributed by atoms with Crippen molar-refractivity contribution in [3.8, 4) is 0 Å². The van der Waals surface area contributed by atoms with Crippen molar-refractivity contribution in [2.75, 3.05) is 39.3 Å². The van der Waals surface area contributed by atoms with Gasteiger partial charge in [-0.05, 0) is 36.1 Å². The molecule has 1 saturated carbocycles. The fraction of sp³-hybridized carbons (Fsp3) is 0.478. The molecule has 162 valence electrons. The zero-order valence-electron chi connectivity index (χ0n) is 17.6. The van der Waals surface area contributed by atoms with Gasteiger partial charge in [0, 0.05) is 38.8 Å². The lowest BCUT2D eigenvalue weighted by atomic mass is 10.1. The number of hydrogen-bond donors (Lipinski definition) is 2. The van der Waals surface area contributed by atoms with Crippen LogP contribution in [-0.2, 0) is 11.3 Å². The van der Waals surface area contributed by atoms with Crippen molar-refractivity contribution in [3.05, 3.63) is 48.0 Å². The summed E-state index contributed by atoms with van der Waals surface area (Å²) in [5, 5.41) is 9.03. The monoisotopic (exact) mass is 521 g/mol. The molecule has 0 spiro atoms. The minimum absolute atomic E-state index is 0. The molecule has 0 atom stereocenters. The van der Waals surface area contributed by atoms with Gasteiger partial charge in [0.05, 0.1) is 13.1 Å². The van der Waals surface area contributed by atoms with Gasteiger partial charge < -0.3 is 15.5 Å². The minimum atomic E-state index is 0. The maximum atomic E-state index is 12.0. The van der Waals surface area contributed by atoms with Gasteiger partial charge >= 0.3 is 0 Å². The van der Waals surface area contributed by atoms with Crippen LogP contribution >= 0.6 is 24.0 Å². The van der Waals surface area contributed by atoms with E-state index in [0.717, 1.165) is 51.5 Å². The summed E-state index contributed by atoms with van der Waals surface area (Å²) >= 11 is 0. The summed E-state index contributed by atoms with van der Waals surface area (Å²) in [6.45, 7) is 7.66. The first-order valence-electron chi connectivity index (χ1n) is 10.7. The van der Waals surface area contributed by atoms with Crippen molar-refractivity contribution in [3.63, 3.8) is 0 Å². The van der Waals surface area contributed by atoms with E-state index in [0.29, 0.717) is 19.1 Å². The van der Waals surface area contributed by atoms with Crippen LogP contribution in [0.4, 0.5) is 0 Å². The molecule has 6 nitrogen and oxygen atoms in total. The summed E-state index contributed by atoms with van der Waals surface area (Å²) in [4.78, 5) is 21.5. The number of nitrogens with one attached hydrogen (secondary N) is 2. The molecule has 2 aromatic rings. The first-order chi connectivity index (χ1) is 14.2. The molecule has 2 fully saturated rings. The first-order valence-corrected chi connectivity index (χ1v) is 10.7.